The molecule has 0 bridgehead atoms. The van der Waals surface area contributed by atoms with Crippen LogP contribution in [-0.4, -0.2) is 12.6 Å². The molecule has 0 fully saturated rings. The standard InChI is InChI=1S/C19H31N/c1-5-17(6-2)19(14-20-15(3)4)13-9-11-16-10-7-8-12-18(16)19/h7-8,10,12,15,17,20H,5-6,9,11,13-14H2,1-4H3. The SMILES string of the molecule is CCC(CC)C1(CNC(C)C)CCCc2ccccc21. The number of hydrogen-bond acceptors (Lipinski definition) is 1. The third-order valence-corrected chi connectivity index (χ3v) is 5.22. The average molecular weight is 273 g/mol. The van der Waals surface area contributed by atoms with E-state index in [1.54, 1.807) is 11.1 Å². The van der Waals surface area contributed by atoms with Gasteiger partial charge in [0.2, 0.25) is 0 Å². The van der Waals surface area contributed by atoms with Crippen LogP contribution in [0.3, 0.4) is 0 Å². The van der Waals surface area contributed by atoms with E-state index < -0.39 is 0 Å². The van der Waals surface area contributed by atoms with E-state index in [-0.39, 0.29) is 0 Å². The third-order valence-electron chi connectivity index (χ3n) is 5.22. The third kappa shape index (κ3) is 2.93. The highest BCUT2D eigenvalue weighted by Gasteiger charge is 2.41. The van der Waals surface area contributed by atoms with Crippen LogP contribution in [0, 0.1) is 5.92 Å². The number of fused-ring (bicyclic) bond motifs is 1. The Balaban J connectivity index is 2.41. The molecule has 0 heterocycles. The highest BCUT2D eigenvalue weighted by molar-refractivity contribution is 5.38. The van der Waals surface area contributed by atoms with E-state index in [1.165, 1.54) is 32.1 Å². The second-order valence-corrected chi connectivity index (χ2v) is 6.72. The molecule has 1 aliphatic rings. The molecule has 1 aromatic carbocycles. The summed E-state index contributed by atoms with van der Waals surface area (Å²) in [5.74, 6) is 0.787. The van der Waals surface area contributed by atoms with Gasteiger partial charge in [0.15, 0.2) is 0 Å². The van der Waals surface area contributed by atoms with E-state index >= 15 is 0 Å². The molecule has 1 unspecified atom stereocenters. The Morgan fingerprint density at radius 1 is 1.15 bits per heavy atom. The van der Waals surface area contributed by atoms with Gasteiger partial charge in [-0.05, 0) is 36.3 Å². The highest BCUT2D eigenvalue weighted by Crippen LogP contribution is 2.45. The normalized spacial score (nSPS) is 22.3. The van der Waals surface area contributed by atoms with Crippen molar-refractivity contribution in [3.63, 3.8) is 0 Å². The van der Waals surface area contributed by atoms with Crippen molar-refractivity contribution in [1.82, 2.24) is 5.32 Å². The molecule has 1 aliphatic carbocycles. The highest BCUT2D eigenvalue weighted by atomic mass is 14.9. The van der Waals surface area contributed by atoms with Crippen LogP contribution in [0.25, 0.3) is 0 Å². The lowest BCUT2D eigenvalue weighted by molar-refractivity contribution is 0.204. The van der Waals surface area contributed by atoms with Crippen molar-refractivity contribution in [2.45, 2.75) is 71.3 Å². The Bertz CT molecular complexity index is 420. The van der Waals surface area contributed by atoms with Crippen molar-refractivity contribution >= 4 is 0 Å². The first-order valence-electron chi connectivity index (χ1n) is 8.45. The molecular weight excluding hydrogens is 242 g/mol. The largest absolute Gasteiger partial charge is 0.314 e. The minimum Gasteiger partial charge on any atom is -0.314 e. The molecule has 0 aliphatic heterocycles. The summed E-state index contributed by atoms with van der Waals surface area (Å²) in [6, 6.07) is 9.75. The molecule has 2 rings (SSSR count). The van der Waals surface area contributed by atoms with Crippen LogP contribution in [0.1, 0.15) is 64.5 Å². The molecule has 1 N–H and O–H groups in total. The van der Waals surface area contributed by atoms with Crippen LogP contribution < -0.4 is 5.32 Å². The van der Waals surface area contributed by atoms with Gasteiger partial charge in [0.05, 0.1) is 0 Å². The fourth-order valence-corrected chi connectivity index (χ4v) is 4.16. The van der Waals surface area contributed by atoms with Crippen molar-refractivity contribution in [2.24, 2.45) is 5.92 Å². The predicted molar refractivity (Wildman–Crippen MR) is 88.3 cm³/mol. The van der Waals surface area contributed by atoms with Crippen molar-refractivity contribution in [2.75, 3.05) is 6.54 Å². The summed E-state index contributed by atoms with van der Waals surface area (Å²) in [5, 5.41) is 3.75. The van der Waals surface area contributed by atoms with Gasteiger partial charge in [0.1, 0.15) is 0 Å². The molecular formula is C19H31N. The van der Waals surface area contributed by atoms with Crippen LogP contribution in [0.2, 0.25) is 0 Å². The molecule has 0 saturated heterocycles. The molecule has 0 radical (unpaired) electrons. The fraction of sp³-hybridized carbons (Fsp3) is 0.684. The molecule has 0 amide bonds. The maximum Gasteiger partial charge on any atom is 0.0109 e. The molecule has 1 atom stereocenters. The number of hydrogen-bond donors (Lipinski definition) is 1. The van der Waals surface area contributed by atoms with E-state index in [4.69, 9.17) is 0 Å². The molecule has 112 valence electrons. The van der Waals surface area contributed by atoms with Gasteiger partial charge in [-0.25, -0.2) is 0 Å². The van der Waals surface area contributed by atoms with Crippen molar-refractivity contribution in [3.8, 4) is 0 Å². The summed E-state index contributed by atoms with van der Waals surface area (Å²) >= 11 is 0. The van der Waals surface area contributed by atoms with Gasteiger partial charge in [-0.3, -0.25) is 0 Å². The quantitative estimate of drug-likeness (QED) is 0.792. The van der Waals surface area contributed by atoms with Gasteiger partial charge in [-0.2, -0.15) is 0 Å². The van der Waals surface area contributed by atoms with Gasteiger partial charge in [-0.1, -0.05) is 64.8 Å². The van der Waals surface area contributed by atoms with Gasteiger partial charge in [-0.15, -0.1) is 0 Å². The average Bonchev–Trinajstić information content (AvgIpc) is 2.47. The number of rotatable bonds is 6. The maximum atomic E-state index is 3.75. The van der Waals surface area contributed by atoms with Crippen LogP contribution in [0.4, 0.5) is 0 Å². The summed E-state index contributed by atoms with van der Waals surface area (Å²) in [5.41, 5.74) is 3.58. The molecule has 20 heavy (non-hydrogen) atoms. The number of benzene rings is 1. The van der Waals surface area contributed by atoms with Crippen LogP contribution in [0.5, 0.6) is 0 Å². The van der Waals surface area contributed by atoms with Gasteiger partial charge >= 0.3 is 0 Å². The molecule has 0 spiro atoms. The first-order valence-corrected chi connectivity index (χ1v) is 8.45. The Kier molecular flexibility index (Phi) is 5.26. The smallest absolute Gasteiger partial charge is 0.0109 e. The van der Waals surface area contributed by atoms with E-state index in [1.807, 2.05) is 0 Å². The van der Waals surface area contributed by atoms with Gasteiger partial charge in [0, 0.05) is 18.0 Å². The molecule has 1 nitrogen and oxygen atoms in total. The minimum absolute atomic E-state index is 0.350. The summed E-state index contributed by atoms with van der Waals surface area (Å²) in [6.45, 7) is 10.4. The maximum absolute atomic E-state index is 3.75. The first-order chi connectivity index (χ1) is 9.64. The minimum atomic E-state index is 0.350. The lowest BCUT2D eigenvalue weighted by atomic mass is 9.61. The Morgan fingerprint density at radius 3 is 2.50 bits per heavy atom. The van der Waals surface area contributed by atoms with Crippen LogP contribution in [-0.2, 0) is 11.8 Å². The van der Waals surface area contributed by atoms with Crippen molar-refractivity contribution in [1.29, 1.82) is 0 Å². The summed E-state index contributed by atoms with van der Waals surface area (Å²) < 4.78 is 0. The molecule has 1 aromatic rings. The predicted octanol–water partition coefficient (Wildman–Crippen LogP) is 4.69. The Labute approximate surface area is 125 Å². The van der Waals surface area contributed by atoms with Crippen LogP contribution >= 0.6 is 0 Å². The van der Waals surface area contributed by atoms with E-state index in [2.05, 4.69) is 57.3 Å². The van der Waals surface area contributed by atoms with E-state index in [0.717, 1.165) is 12.5 Å². The molecule has 0 aromatic heterocycles. The van der Waals surface area contributed by atoms with E-state index in [9.17, 15) is 0 Å². The second kappa shape index (κ2) is 6.76. The van der Waals surface area contributed by atoms with Crippen LogP contribution in [0.15, 0.2) is 24.3 Å². The molecule has 0 saturated carbocycles. The van der Waals surface area contributed by atoms with E-state index in [0.29, 0.717) is 11.5 Å². The molecule has 1 heteroatoms. The fourth-order valence-electron chi connectivity index (χ4n) is 4.16. The Hall–Kier alpha value is -0.820. The second-order valence-electron chi connectivity index (χ2n) is 6.72. The first kappa shape index (κ1) is 15.6. The summed E-state index contributed by atoms with van der Waals surface area (Å²) in [4.78, 5) is 0. The van der Waals surface area contributed by atoms with Gasteiger partial charge in [0.25, 0.3) is 0 Å². The summed E-state index contributed by atoms with van der Waals surface area (Å²) in [6.07, 6.45) is 6.51. The Morgan fingerprint density at radius 2 is 1.85 bits per heavy atom. The van der Waals surface area contributed by atoms with Crippen molar-refractivity contribution < 1.29 is 0 Å². The number of nitrogens with one attached hydrogen (secondary N) is 1. The lowest BCUT2D eigenvalue weighted by Crippen LogP contribution is -2.48. The zero-order valence-corrected chi connectivity index (χ0v) is 13.7. The lowest BCUT2D eigenvalue weighted by Gasteiger charge is -2.45. The van der Waals surface area contributed by atoms with Gasteiger partial charge < -0.3 is 5.32 Å². The topological polar surface area (TPSA) is 12.0 Å². The summed E-state index contributed by atoms with van der Waals surface area (Å²) in [7, 11) is 0. The zero-order valence-electron chi connectivity index (χ0n) is 13.7. The van der Waals surface area contributed by atoms with Crippen molar-refractivity contribution in [3.05, 3.63) is 35.4 Å². The monoisotopic (exact) mass is 273 g/mol. The number of aryl methyl sites for hydroxylation is 1. The zero-order chi connectivity index (χ0) is 14.6.